The van der Waals surface area contributed by atoms with E-state index in [1.165, 1.54) is 19.2 Å². The molecule has 1 rings (SSSR count). The lowest BCUT2D eigenvalue weighted by atomic mass is 10.0. The molecule has 0 aliphatic heterocycles. The van der Waals surface area contributed by atoms with E-state index < -0.39 is 17.8 Å². The summed E-state index contributed by atoms with van der Waals surface area (Å²) in [6.45, 7) is 0.0547. The smallest absolute Gasteiger partial charge is 0.305 e. The molecule has 0 bridgehead atoms. The van der Waals surface area contributed by atoms with Gasteiger partial charge in [-0.2, -0.15) is 0 Å². The van der Waals surface area contributed by atoms with Crippen LogP contribution in [0.15, 0.2) is 12.1 Å². The fourth-order valence-electron chi connectivity index (χ4n) is 1.50. The Kier molecular flexibility index (Phi) is 4.86. The second-order valence-corrected chi connectivity index (χ2v) is 4.04. The zero-order valence-electron chi connectivity index (χ0n) is 9.24. The summed E-state index contributed by atoms with van der Waals surface area (Å²) in [6, 6.07) is 1.84. The van der Waals surface area contributed by atoms with Crippen molar-refractivity contribution in [2.45, 2.75) is 19.1 Å². The molecule has 94 valence electrons. The first-order chi connectivity index (χ1) is 7.95. The zero-order chi connectivity index (χ0) is 13.0. The van der Waals surface area contributed by atoms with Gasteiger partial charge in [0, 0.05) is 29.3 Å². The molecule has 17 heavy (non-hydrogen) atoms. The average molecular weight is 262 g/mol. The van der Waals surface area contributed by atoms with Gasteiger partial charge in [-0.3, -0.25) is 4.79 Å². The number of hydrogen-bond donors (Lipinski definition) is 2. The lowest BCUT2D eigenvalue weighted by molar-refractivity contribution is -0.137. The van der Waals surface area contributed by atoms with Gasteiger partial charge in [-0.1, -0.05) is 11.6 Å². The number of ether oxygens (including phenoxy) is 1. The van der Waals surface area contributed by atoms with Crippen molar-refractivity contribution in [2.24, 2.45) is 5.73 Å². The SMILES string of the molecule is COCc1cc(Cl)cc(C(N)CC(=O)O)c1F. The molecular formula is C11H13ClFNO3. The predicted molar refractivity (Wildman–Crippen MR) is 61.3 cm³/mol. The van der Waals surface area contributed by atoms with Crippen LogP contribution >= 0.6 is 11.6 Å². The predicted octanol–water partition coefficient (Wildman–Crippen LogP) is 2.10. The quantitative estimate of drug-likeness (QED) is 0.851. The van der Waals surface area contributed by atoms with Crippen LogP contribution in [0.2, 0.25) is 5.02 Å². The molecule has 0 aliphatic rings. The molecule has 3 N–H and O–H groups in total. The normalized spacial score (nSPS) is 12.5. The van der Waals surface area contributed by atoms with Crippen LogP contribution in [0.1, 0.15) is 23.6 Å². The maximum atomic E-state index is 13.9. The van der Waals surface area contributed by atoms with Gasteiger partial charge < -0.3 is 15.6 Å². The van der Waals surface area contributed by atoms with E-state index in [0.717, 1.165) is 0 Å². The molecule has 0 fully saturated rings. The highest BCUT2D eigenvalue weighted by molar-refractivity contribution is 6.30. The maximum Gasteiger partial charge on any atom is 0.305 e. The number of aliphatic carboxylic acids is 1. The van der Waals surface area contributed by atoms with Crippen molar-refractivity contribution >= 4 is 17.6 Å². The zero-order valence-corrected chi connectivity index (χ0v) is 10.00. The van der Waals surface area contributed by atoms with Crippen LogP contribution < -0.4 is 5.73 Å². The summed E-state index contributed by atoms with van der Waals surface area (Å²) >= 11 is 5.81. The molecule has 6 heteroatoms. The second kappa shape index (κ2) is 5.95. The third-order valence-electron chi connectivity index (χ3n) is 2.23. The molecule has 0 heterocycles. The Balaban J connectivity index is 3.09. The molecule has 0 saturated carbocycles. The van der Waals surface area contributed by atoms with E-state index in [-0.39, 0.29) is 24.2 Å². The van der Waals surface area contributed by atoms with Crippen molar-refractivity contribution in [3.63, 3.8) is 0 Å². The van der Waals surface area contributed by atoms with Crippen molar-refractivity contribution < 1.29 is 19.0 Å². The third-order valence-corrected chi connectivity index (χ3v) is 2.45. The van der Waals surface area contributed by atoms with Crippen molar-refractivity contribution in [1.29, 1.82) is 0 Å². The molecule has 0 amide bonds. The number of methoxy groups -OCH3 is 1. The first kappa shape index (κ1) is 13.9. The van der Waals surface area contributed by atoms with Crippen LogP contribution in [-0.2, 0) is 16.1 Å². The topological polar surface area (TPSA) is 72.5 Å². The summed E-state index contributed by atoms with van der Waals surface area (Å²) in [5.41, 5.74) is 5.96. The van der Waals surface area contributed by atoms with Crippen LogP contribution in [0.4, 0.5) is 4.39 Å². The summed E-state index contributed by atoms with van der Waals surface area (Å²) in [5.74, 6) is -1.66. The van der Waals surface area contributed by atoms with Crippen molar-refractivity contribution in [3.8, 4) is 0 Å². The highest BCUT2D eigenvalue weighted by Crippen LogP contribution is 2.26. The van der Waals surface area contributed by atoms with Crippen LogP contribution in [0, 0.1) is 5.82 Å². The lowest BCUT2D eigenvalue weighted by Gasteiger charge is -2.14. The van der Waals surface area contributed by atoms with E-state index in [0.29, 0.717) is 5.02 Å². The first-order valence-corrected chi connectivity index (χ1v) is 5.27. The van der Waals surface area contributed by atoms with Crippen molar-refractivity contribution in [1.82, 2.24) is 0 Å². The third kappa shape index (κ3) is 3.66. The number of benzene rings is 1. The number of halogens is 2. The highest BCUT2D eigenvalue weighted by atomic mass is 35.5. The Morgan fingerprint density at radius 1 is 1.65 bits per heavy atom. The van der Waals surface area contributed by atoms with Gasteiger partial charge in [0.05, 0.1) is 13.0 Å². The van der Waals surface area contributed by atoms with Crippen LogP contribution in [0.5, 0.6) is 0 Å². The van der Waals surface area contributed by atoms with Gasteiger partial charge in [-0.25, -0.2) is 4.39 Å². The summed E-state index contributed by atoms with van der Waals surface area (Å²) in [6.07, 6.45) is -0.357. The molecule has 0 spiro atoms. The molecule has 0 saturated heterocycles. The van der Waals surface area contributed by atoms with E-state index in [2.05, 4.69) is 0 Å². The van der Waals surface area contributed by atoms with Gasteiger partial charge in [0.25, 0.3) is 0 Å². The van der Waals surface area contributed by atoms with Gasteiger partial charge in [0.15, 0.2) is 0 Å². The summed E-state index contributed by atoms with van der Waals surface area (Å²) in [4.78, 5) is 10.5. The molecule has 1 aromatic rings. The number of rotatable bonds is 5. The summed E-state index contributed by atoms with van der Waals surface area (Å²) < 4.78 is 18.8. The molecule has 4 nitrogen and oxygen atoms in total. The Hall–Kier alpha value is -1.17. The second-order valence-electron chi connectivity index (χ2n) is 3.61. The van der Waals surface area contributed by atoms with Crippen molar-refractivity contribution in [3.05, 3.63) is 34.1 Å². The number of carboxylic acids is 1. The Morgan fingerprint density at radius 3 is 2.82 bits per heavy atom. The largest absolute Gasteiger partial charge is 0.481 e. The first-order valence-electron chi connectivity index (χ1n) is 4.89. The monoisotopic (exact) mass is 261 g/mol. The van der Waals surface area contributed by atoms with Gasteiger partial charge in [-0.05, 0) is 12.1 Å². The van der Waals surface area contributed by atoms with E-state index in [1.54, 1.807) is 0 Å². The lowest BCUT2D eigenvalue weighted by Crippen LogP contribution is -2.17. The average Bonchev–Trinajstić information content (AvgIpc) is 2.22. The fourth-order valence-corrected chi connectivity index (χ4v) is 1.75. The van der Waals surface area contributed by atoms with Crippen molar-refractivity contribution in [2.75, 3.05) is 7.11 Å². The minimum atomic E-state index is -1.09. The minimum absolute atomic E-state index is 0.0547. The molecule has 0 radical (unpaired) electrons. The summed E-state index contributed by atoms with van der Waals surface area (Å²) in [5, 5.41) is 8.92. The summed E-state index contributed by atoms with van der Waals surface area (Å²) in [7, 11) is 1.43. The number of nitrogens with two attached hydrogens (primary N) is 1. The molecular weight excluding hydrogens is 249 g/mol. The van der Waals surface area contributed by atoms with Gasteiger partial charge in [0.2, 0.25) is 0 Å². The standard InChI is InChI=1S/C11H13ClFNO3/c1-17-5-6-2-7(12)3-8(11(6)13)9(14)4-10(15)16/h2-3,9H,4-5,14H2,1H3,(H,15,16). The maximum absolute atomic E-state index is 13.9. The minimum Gasteiger partial charge on any atom is -0.481 e. The molecule has 1 aromatic carbocycles. The van der Waals surface area contributed by atoms with E-state index in [4.69, 9.17) is 27.2 Å². The fraction of sp³-hybridized carbons (Fsp3) is 0.364. The van der Waals surface area contributed by atoms with Gasteiger partial charge in [-0.15, -0.1) is 0 Å². The van der Waals surface area contributed by atoms with Gasteiger partial charge >= 0.3 is 5.97 Å². The Bertz CT molecular complexity index is 425. The number of carbonyl (C=O) groups is 1. The van der Waals surface area contributed by atoms with E-state index in [1.807, 2.05) is 0 Å². The van der Waals surface area contributed by atoms with Crippen LogP contribution in [0.25, 0.3) is 0 Å². The Labute approximate surface area is 103 Å². The molecule has 1 atom stereocenters. The number of hydrogen-bond acceptors (Lipinski definition) is 3. The van der Waals surface area contributed by atoms with Crippen LogP contribution in [-0.4, -0.2) is 18.2 Å². The number of carboxylic acid groups (broad SMARTS) is 1. The van der Waals surface area contributed by atoms with E-state index in [9.17, 15) is 9.18 Å². The van der Waals surface area contributed by atoms with Gasteiger partial charge in [0.1, 0.15) is 5.82 Å². The van der Waals surface area contributed by atoms with E-state index >= 15 is 0 Å². The van der Waals surface area contributed by atoms with Crippen LogP contribution in [0.3, 0.4) is 0 Å². The Morgan fingerprint density at radius 2 is 2.29 bits per heavy atom. The molecule has 1 unspecified atom stereocenters. The highest BCUT2D eigenvalue weighted by Gasteiger charge is 2.18. The molecule has 0 aliphatic carbocycles. The molecule has 0 aromatic heterocycles.